The summed E-state index contributed by atoms with van der Waals surface area (Å²) in [4.78, 5) is 50.6. The monoisotopic (exact) mass is 1120 g/mol. The average molecular weight is 1120 g/mol. The lowest BCUT2D eigenvalue weighted by Crippen LogP contribution is -2.24. The van der Waals surface area contributed by atoms with Crippen LogP contribution in [0.2, 0.25) is 0 Å². The summed E-state index contributed by atoms with van der Waals surface area (Å²) in [6.45, 7) is 25.1. The Bertz CT molecular complexity index is 4020. The highest BCUT2D eigenvalue weighted by atomic mass is 16.6. The molecule has 10 heteroatoms. The molecule has 0 bridgehead atoms. The summed E-state index contributed by atoms with van der Waals surface area (Å²) < 4.78 is 10.2. The molecule has 0 unspecified atom stereocenters. The molecule has 2 amide bonds. The van der Waals surface area contributed by atoms with Crippen LogP contribution < -0.4 is 10.6 Å². The summed E-state index contributed by atoms with van der Waals surface area (Å²) in [5.74, 6) is -0.454. The Balaban J connectivity index is 0.000000202. The number of benzene rings is 8. The standard InChI is InChI=1S/C39H42N2O3.C35H34N2O3/c1-25(2)30-16-12-28(13-17-30)23-40-37(42)32-20-21-36-35(22-32)26(3)27(4)41(36)24-29-14-18-31(19-15-29)33-10-8-9-11-34(33)38(43)44-39(5,6)7;1-22(2)27-13-9-25(10-14-27)20-36-34(38)29-17-18-33-32(19-29)23(3)24(4)37(33)21-26-11-15-28(16-12-26)30-7-5-6-8-31(30)35(39)40/h8-22,25H,23-24H2,1-7H3,(H,40,42);5-19,22H,20-21H2,1-4H3,(H,36,38)(H,39,40). The van der Waals surface area contributed by atoms with Crippen LogP contribution in [-0.2, 0) is 30.9 Å². The molecule has 0 aliphatic carbocycles. The number of nitrogens with one attached hydrogen (secondary N) is 2. The lowest BCUT2D eigenvalue weighted by Gasteiger charge is -2.20. The van der Waals surface area contributed by atoms with Crippen LogP contribution in [0.4, 0.5) is 0 Å². The highest BCUT2D eigenvalue weighted by Crippen LogP contribution is 2.32. The highest BCUT2D eigenvalue weighted by Gasteiger charge is 2.22. The van der Waals surface area contributed by atoms with Crippen molar-refractivity contribution in [1.29, 1.82) is 0 Å². The van der Waals surface area contributed by atoms with Crippen LogP contribution in [0.25, 0.3) is 44.1 Å². The van der Waals surface area contributed by atoms with Gasteiger partial charge in [0, 0.05) is 70.5 Å². The van der Waals surface area contributed by atoms with Crippen LogP contribution in [-0.4, -0.2) is 43.6 Å². The topological polar surface area (TPSA) is 132 Å². The molecule has 2 heterocycles. The second-order valence-electron chi connectivity index (χ2n) is 23.5. The minimum Gasteiger partial charge on any atom is -0.478 e. The van der Waals surface area contributed by atoms with E-state index in [4.69, 9.17) is 4.74 Å². The van der Waals surface area contributed by atoms with E-state index >= 15 is 0 Å². The van der Waals surface area contributed by atoms with Crippen molar-refractivity contribution in [1.82, 2.24) is 19.8 Å². The van der Waals surface area contributed by atoms with Crippen LogP contribution in [0.1, 0.15) is 158 Å². The molecule has 84 heavy (non-hydrogen) atoms. The number of hydrogen-bond donors (Lipinski definition) is 3. The molecule has 0 radical (unpaired) electrons. The van der Waals surface area contributed by atoms with Gasteiger partial charge in [-0.25, -0.2) is 9.59 Å². The van der Waals surface area contributed by atoms with Gasteiger partial charge in [-0.15, -0.1) is 0 Å². The highest BCUT2D eigenvalue weighted by molar-refractivity contribution is 6.01. The average Bonchev–Trinajstić information content (AvgIpc) is 4.04. The number of ether oxygens (including phenoxy) is 1. The van der Waals surface area contributed by atoms with E-state index < -0.39 is 11.6 Å². The van der Waals surface area contributed by atoms with Crippen molar-refractivity contribution >= 4 is 45.6 Å². The molecule has 0 atom stereocenters. The van der Waals surface area contributed by atoms with Crippen LogP contribution in [0.15, 0.2) is 182 Å². The fourth-order valence-corrected chi connectivity index (χ4v) is 10.7. The number of rotatable bonds is 16. The van der Waals surface area contributed by atoms with E-state index in [1.54, 1.807) is 12.1 Å². The zero-order valence-corrected chi connectivity index (χ0v) is 50.2. The van der Waals surface area contributed by atoms with Crippen molar-refractivity contribution in [2.75, 3.05) is 0 Å². The maximum atomic E-state index is 13.1. The van der Waals surface area contributed by atoms with Gasteiger partial charge < -0.3 is 29.6 Å². The van der Waals surface area contributed by atoms with E-state index in [-0.39, 0.29) is 17.8 Å². The molecule has 0 spiro atoms. The molecule has 2 aromatic heterocycles. The number of amides is 2. The lowest BCUT2D eigenvalue weighted by atomic mass is 9.98. The number of esters is 1. The lowest BCUT2D eigenvalue weighted by molar-refractivity contribution is 0.00699. The van der Waals surface area contributed by atoms with E-state index in [0.717, 1.165) is 72.0 Å². The van der Waals surface area contributed by atoms with Crippen LogP contribution in [0, 0.1) is 27.7 Å². The molecular weight excluding hydrogens is 1040 g/mol. The zero-order valence-electron chi connectivity index (χ0n) is 50.2. The van der Waals surface area contributed by atoms with Gasteiger partial charge in [-0.1, -0.05) is 161 Å². The normalized spacial score (nSPS) is 11.4. The van der Waals surface area contributed by atoms with Gasteiger partial charge in [-0.3, -0.25) is 9.59 Å². The van der Waals surface area contributed by atoms with E-state index in [0.29, 0.717) is 65.8 Å². The summed E-state index contributed by atoms with van der Waals surface area (Å²) in [7, 11) is 0. The van der Waals surface area contributed by atoms with Crippen molar-refractivity contribution in [2.45, 2.75) is 120 Å². The Hall–Kier alpha value is -9.28. The minimum absolute atomic E-state index is 0.0770. The third kappa shape index (κ3) is 13.6. The first kappa shape index (κ1) is 59.3. The third-order valence-corrected chi connectivity index (χ3v) is 15.9. The number of aryl methyl sites for hydroxylation is 2. The van der Waals surface area contributed by atoms with Gasteiger partial charge >= 0.3 is 11.9 Å². The zero-order chi connectivity index (χ0) is 60.0. The Morgan fingerprint density at radius 2 is 0.845 bits per heavy atom. The van der Waals surface area contributed by atoms with Gasteiger partial charge in [-0.2, -0.15) is 0 Å². The number of carboxylic acid groups (broad SMARTS) is 1. The Kier molecular flexibility index (Phi) is 18.0. The van der Waals surface area contributed by atoms with Crippen molar-refractivity contribution in [3.63, 3.8) is 0 Å². The van der Waals surface area contributed by atoms with Gasteiger partial charge in [0.25, 0.3) is 11.8 Å². The third-order valence-electron chi connectivity index (χ3n) is 15.9. The SMILES string of the molecule is Cc1c(C)n(Cc2ccc(-c3ccccc3C(=O)O)cc2)c2ccc(C(=O)NCc3ccc(C(C)C)cc3)cc12.Cc1c(C)n(Cc2ccc(-c3ccccc3C(=O)OC(C)(C)C)cc2)c2ccc(C(=O)NCc3ccc(C(C)C)cc3)cc12. The van der Waals surface area contributed by atoms with Crippen molar-refractivity contribution in [3.8, 4) is 22.3 Å². The number of carboxylic acids is 1. The number of fused-ring (bicyclic) bond motifs is 2. The number of aromatic nitrogens is 2. The van der Waals surface area contributed by atoms with Gasteiger partial charge in [-0.05, 0) is 176 Å². The van der Waals surface area contributed by atoms with Crippen molar-refractivity contribution in [3.05, 3.63) is 260 Å². The van der Waals surface area contributed by atoms with Crippen molar-refractivity contribution < 1.29 is 29.0 Å². The molecule has 0 saturated heterocycles. The van der Waals surface area contributed by atoms with Crippen LogP contribution >= 0.6 is 0 Å². The number of aromatic carboxylic acids is 1. The Morgan fingerprint density at radius 3 is 1.23 bits per heavy atom. The predicted molar refractivity (Wildman–Crippen MR) is 340 cm³/mol. The largest absolute Gasteiger partial charge is 0.478 e. The second-order valence-corrected chi connectivity index (χ2v) is 23.5. The summed E-state index contributed by atoms with van der Waals surface area (Å²) >= 11 is 0. The van der Waals surface area contributed by atoms with E-state index in [1.807, 2.05) is 118 Å². The summed E-state index contributed by atoms with van der Waals surface area (Å²) in [5, 5.41) is 17.8. The molecule has 0 aliphatic rings. The van der Waals surface area contributed by atoms with E-state index in [1.165, 1.54) is 22.4 Å². The van der Waals surface area contributed by atoms with Crippen LogP contribution in [0.3, 0.4) is 0 Å². The Morgan fingerprint density at radius 1 is 0.476 bits per heavy atom. The van der Waals surface area contributed by atoms with Crippen LogP contribution in [0.5, 0.6) is 0 Å². The number of nitrogens with zero attached hydrogens (tertiary/aromatic N) is 2. The number of hydrogen-bond acceptors (Lipinski definition) is 5. The molecule has 8 aromatic carbocycles. The van der Waals surface area contributed by atoms with Gasteiger partial charge in [0.05, 0.1) is 11.1 Å². The maximum Gasteiger partial charge on any atom is 0.339 e. The molecule has 0 saturated carbocycles. The molecule has 3 N–H and O–H groups in total. The molecular formula is C74H76N4O6. The first-order valence-corrected chi connectivity index (χ1v) is 28.9. The predicted octanol–water partition coefficient (Wildman–Crippen LogP) is 16.7. The first-order chi connectivity index (χ1) is 40.1. The quantitative estimate of drug-likeness (QED) is 0.0826. The molecule has 10 rings (SSSR count). The fourth-order valence-electron chi connectivity index (χ4n) is 10.7. The van der Waals surface area contributed by atoms with Gasteiger partial charge in [0.15, 0.2) is 0 Å². The van der Waals surface area contributed by atoms with Gasteiger partial charge in [0.2, 0.25) is 0 Å². The van der Waals surface area contributed by atoms with Gasteiger partial charge in [0.1, 0.15) is 5.60 Å². The molecule has 0 aliphatic heterocycles. The number of carbonyl (C=O) groups excluding carboxylic acids is 3. The molecule has 10 nitrogen and oxygen atoms in total. The molecule has 428 valence electrons. The summed E-state index contributed by atoms with van der Waals surface area (Å²) in [6, 6.07) is 59.7. The first-order valence-electron chi connectivity index (χ1n) is 28.9. The molecule has 10 aromatic rings. The fraction of sp³-hybridized carbons (Fsp3) is 0.243. The smallest absolute Gasteiger partial charge is 0.339 e. The summed E-state index contributed by atoms with van der Waals surface area (Å²) in [6.07, 6.45) is 0. The van der Waals surface area contributed by atoms with E-state index in [9.17, 15) is 24.3 Å². The second kappa shape index (κ2) is 25.5. The number of carbonyl (C=O) groups is 4. The minimum atomic E-state index is -0.932. The Labute approximate surface area is 494 Å². The van der Waals surface area contributed by atoms with Crippen molar-refractivity contribution in [2.24, 2.45) is 0 Å². The maximum absolute atomic E-state index is 13.1. The summed E-state index contributed by atoms with van der Waals surface area (Å²) in [5.41, 5.74) is 18.8. The van der Waals surface area contributed by atoms with E-state index in [2.05, 4.69) is 148 Å². The molecule has 0 fully saturated rings.